The average Bonchev–Trinajstić information content (AvgIpc) is 3.38. The fraction of sp³-hybridized carbons (Fsp3) is 0.278. The van der Waals surface area contributed by atoms with Gasteiger partial charge in [0.05, 0.1) is 10.6 Å². The van der Waals surface area contributed by atoms with Crippen molar-refractivity contribution in [2.75, 3.05) is 10.8 Å². The van der Waals surface area contributed by atoms with E-state index >= 15 is 0 Å². The second-order valence-corrected chi connectivity index (χ2v) is 8.44. The zero-order valence-corrected chi connectivity index (χ0v) is 15.3. The molecule has 5 nitrogen and oxygen atoms in total. The van der Waals surface area contributed by atoms with Crippen molar-refractivity contribution in [2.24, 2.45) is 0 Å². The molecule has 3 rings (SSSR count). The van der Waals surface area contributed by atoms with E-state index < -0.39 is 10.0 Å². The molecule has 1 aliphatic carbocycles. The first-order valence-electron chi connectivity index (χ1n) is 8.00. The van der Waals surface area contributed by atoms with Crippen LogP contribution in [0.1, 0.15) is 18.4 Å². The van der Waals surface area contributed by atoms with Crippen molar-refractivity contribution in [3.63, 3.8) is 0 Å². The van der Waals surface area contributed by atoms with Crippen LogP contribution in [0.3, 0.4) is 0 Å². The highest BCUT2D eigenvalue weighted by Crippen LogP contribution is 2.26. The number of carbonyl (C=O) groups is 1. The Hall–Kier alpha value is -2.05. The molecule has 2 aromatic rings. The third kappa shape index (κ3) is 4.32. The second-order valence-electron chi connectivity index (χ2n) is 6.14. The minimum Gasteiger partial charge on any atom is -0.352 e. The predicted octanol–water partition coefficient (Wildman–Crippen LogP) is 3.12. The van der Waals surface area contributed by atoms with Crippen LogP contribution in [0.5, 0.6) is 0 Å². The quantitative estimate of drug-likeness (QED) is 0.839. The highest BCUT2D eigenvalue weighted by molar-refractivity contribution is 7.92. The molecule has 0 heterocycles. The first-order valence-corrected chi connectivity index (χ1v) is 9.82. The van der Waals surface area contributed by atoms with Crippen molar-refractivity contribution < 1.29 is 13.2 Å². The van der Waals surface area contributed by atoms with Crippen molar-refractivity contribution in [1.82, 2.24) is 5.32 Å². The Morgan fingerprint density at radius 1 is 1.12 bits per heavy atom. The number of benzene rings is 2. The minimum absolute atomic E-state index is 0.146. The van der Waals surface area contributed by atoms with Gasteiger partial charge in [-0.25, -0.2) is 8.42 Å². The monoisotopic (exact) mass is 378 g/mol. The number of hydrogen-bond acceptors (Lipinski definition) is 3. The number of amides is 1. The Bertz CT molecular complexity index is 860. The van der Waals surface area contributed by atoms with E-state index in [4.69, 9.17) is 11.6 Å². The molecule has 0 spiro atoms. The highest BCUT2D eigenvalue weighted by atomic mass is 35.5. The van der Waals surface area contributed by atoms with Gasteiger partial charge >= 0.3 is 0 Å². The molecule has 0 unspecified atom stereocenters. The number of nitrogens with one attached hydrogen (secondary N) is 1. The van der Waals surface area contributed by atoms with Crippen LogP contribution in [-0.2, 0) is 14.8 Å². The average molecular weight is 379 g/mol. The molecule has 1 saturated carbocycles. The molecule has 2 aromatic carbocycles. The van der Waals surface area contributed by atoms with Crippen LogP contribution in [-0.4, -0.2) is 26.9 Å². The number of aryl methyl sites for hydroxylation is 1. The van der Waals surface area contributed by atoms with Crippen LogP contribution < -0.4 is 9.62 Å². The number of nitrogens with zero attached hydrogens (tertiary/aromatic N) is 1. The molecule has 0 bridgehead atoms. The van der Waals surface area contributed by atoms with Gasteiger partial charge in [-0.2, -0.15) is 0 Å². The van der Waals surface area contributed by atoms with Gasteiger partial charge in [0.2, 0.25) is 5.91 Å². The molecule has 7 heteroatoms. The largest absolute Gasteiger partial charge is 0.352 e. The van der Waals surface area contributed by atoms with Gasteiger partial charge in [-0.3, -0.25) is 9.10 Å². The van der Waals surface area contributed by atoms with E-state index in [0.717, 1.165) is 22.7 Å². The standard InChI is InChI=1S/C18H19ClN2O3S/c1-13-2-10-17(11-3-13)25(23,24)21(12-18(22)20-15-6-7-15)16-8-4-14(19)5-9-16/h2-5,8-11,15H,6-7,12H2,1H3,(H,20,22). The number of halogens is 1. The Morgan fingerprint density at radius 3 is 2.28 bits per heavy atom. The third-order valence-corrected chi connectivity index (χ3v) is 5.99. The number of sulfonamides is 1. The first kappa shape index (κ1) is 17.8. The molecule has 25 heavy (non-hydrogen) atoms. The summed E-state index contributed by atoms with van der Waals surface area (Å²) in [7, 11) is -3.86. The Morgan fingerprint density at radius 2 is 1.72 bits per heavy atom. The molecule has 0 radical (unpaired) electrons. The van der Waals surface area contributed by atoms with Crippen molar-refractivity contribution in [1.29, 1.82) is 0 Å². The van der Waals surface area contributed by atoms with Crippen LogP contribution in [0.4, 0.5) is 5.69 Å². The number of rotatable bonds is 6. The van der Waals surface area contributed by atoms with E-state index in [-0.39, 0.29) is 23.4 Å². The Balaban J connectivity index is 1.94. The second kappa shape index (κ2) is 7.06. The van der Waals surface area contributed by atoms with Gasteiger partial charge < -0.3 is 5.32 Å². The summed E-state index contributed by atoms with van der Waals surface area (Å²) in [6.07, 6.45) is 1.88. The summed E-state index contributed by atoms with van der Waals surface area (Å²) >= 11 is 5.90. The van der Waals surface area contributed by atoms with Gasteiger partial charge in [-0.15, -0.1) is 0 Å². The highest BCUT2D eigenvalue weighted by Gasteiger charge is 2.29. The summed E-state index contributed by atoms with van der Waals surface area (Å²) in [4.78, 5) is 12.4. The molecule has 0 aromatic heterocycles. The molecule has 0 atom stereocenters. The van der Waals surface area contributed by atoms with Gasteiger partial charge in [0.25, 0.3) is 10.0 Å². The summed E-state index contributed by atoms with van der Waals surface area (Å²) in [5.74, 6) is -0.312. The van der Waals surface area contributed by atoms with Crippen LogP contribution in [0.2, 0.25) is 5.02 Å². The topological polar surface area (TPSA) is 66.5 Å². The van der Waals surface area contributed by atoms with E-state index in [1.165, 1.54) is 0 Å². The molecule has 132 valence electrons. The van der Waals surface area contributed by atoms with Crippen LogP contribution in [0.15, 0.2) is 53.4 Å². The smallest absolute Gasteiger partial charge is 0.264 e. The van der Waals surface area contributed by atoms with Crippen LogP contribution in [0.25, 0.3) is 0 Å². The van der Waals surface area contributed by atoms with Crippen LogP contribution >= 0.6 is 11.6 Å². The van der Waals surface area contributed by atoms with Crippen LogP contribution in [0, 0.1) is 6.92 Å². The van der Waals surface area contributed by atoms with Gasteiger partial charge in [-0.05, 0) is 56.2 Å². The summed E-state index contributed by atoms with van der Waals surface area (Å²) in [5.41, 5.74) is 1.36. The van der Waals surface area contributed by atoms with Crippen molar-refractivity contribution >= 4 is 33.2 Å². The first-order chi connectivity index (χ1) is 11.9. The lowest BCUT2D eigenvalue weighted by atomic mass is 10.2. The maximum Gasteiger partial charge on any atom is 0.264 e. The van der Waals surface area contributed by atoms with E-state index in [9.17, 15) is 13.2 Å². The molecular formula is C18H19ClN2O3S. The lowest BCUT2D eigenvalue weighted by Gasteiger charge is -2.24. The van der Waals surface area contributed by atoms with Gasteiger partial charge in [0, 0.05) is 11.1 Å². The zero-order chi connectivity index (χ0) is 18.0. The maximum absolute atomic E-state index is 13.1. The van der Waals surface area contributed by atoms with E-state index in [0.29, 0.717) is 10.7 Å². The number of hydrogen-bond donors (Lipinski definition) is 1. The Labute approximate surface area is 152 Å². The van der Waals surface area contributed by atoms with E-state index in [1.54, 1.807) is 48.5 Å². The van der Waals surface area contributed by atoms with Crippen molar-refractivity contribution in [3.8, 4) is 0 Å². The molecule has 0 saturated heterocycles. The number of anilines is 1. The normalized spacial score (nSPS) is 14.2. The summed E-state index contributed by atoms with van der Waals surface area (Å²) in [6.45, 7) is 1.62. The molecule has 1 amide bonds. The fourth-order valence-electron chi connectivity index (χ4n) is 2.39. The zero-order valence-electron chi connectivity index (χ0n) is 13.8. The molecule has 1 aliphatic rings. The summed E-state index contributed by atoms with van der Waals surface area (Å²) in [6, 6.07) is 13.1. The number of carbonyl (C=O) groups excluding carboxylic acids is 1. The molecule has 1 N–H and O–H groups in total. The lowest BCUT2D eigenvalue weighted by molar-refractivity contribution is -0.119. The SMILES string of the molecule is Cc1ccc(S(=O)(=O)N(CC(=O)NC2CC2)c2ccc(Cl)cc2)cc1. The minimum atomic E-state index is -3.86. The third-order valence-electron chi connectivity index (χ3n) is 3.95. The predicted molar refractivity (Wildman–Crippen MR) is 98.3 cm³/mol. The van der Waals surface area contributed by atoms with E-state index in [1.807, 2.05) is 6.92 Å². The maximum atomic E-state index is 13.1. The van der Waals surface area contributed by atoms with E-state index in [2.05, 4.69) is 5.32 Å². The van der Waals surface area contributed by atoms with Gasteiger partial charge in [0.1, 0.15) is 6.54 Å². The fourth-order valence-corrected chi connectivity index (χ4v) is 3.94. The molecular weight excluding hydrogens is 360 g/mol. The van der Waals surface area contributed by atoms with Crippen molar-refractivity contribution in [3.05, 3.63) is 59.1 Å². The summed E-state index contributed by atoms with van der Waals surface area (Å²) < 4.78 is 27.3. The summed E-state index contributed by atoms with van der Waals surface area (Å²) in [5, 5.41) is 3.33. The van der Waals surface area contributed by atoms with Gasteiger partial charge in [0.15, 0.2) is 0 Å². The Kier molecular flexibility index (Phi) is 5.01. The molecule has 0 aliphatic heterocycles. The molecule has 1 fully saturated rings. The van der Waals surface area contributed by atoms with Gasteiger partial charge in [-0.1, -0.05) is 29.3 Å². The van der Waals surface area contributed by atoms with Crippen molar-refractivity contribution in [2.45, 2.75) is 30.7 Å². The lowest BCUT2D eigenvalue weighted by Crippen LogP contribution is -2.41.